The number of amides is 1. The topological polar surface area (TPSA) is 72.7 Å². The summed E-state index contributed by atoms with van der Waals surface area (Å²) in [7, 11) is 0. The molecule has 98 valence electrons. The number of anilines is 1. The molecule has 0 unspecified atom stereocenters. The molecule has 1 amide bonds. The van der Waals surface area contributed by atoms with Crippen LogP contribution in [0.25, 0.3) is 5.69 Å². The van der Waals surface area contributed by atoms with Crippen LogP contribution in [0.5, 0.6) is 0 Å². The molecule has 0 aliphatic rings. The summed E-state index contributed by atoms with van der Waals surface area (Å²) < 4.78 is 0. The number of carbonyl (C=O) groups is 1. The fourth-order valence-electron chi connectivity index (χ4n) is 1.68. The highest BCUT2D eigenvalue weighted by Gasteiger charge is 2.11. The van der Waals surface area contributed by atoms with Gasteiger partial charge in [0.2, 0.25) is 0 Å². The van der Waals surface area contributed by atoms with Gasteiger partial charge in [0.1, 0.15) is 0 Å². The fraction of sp³-hybridized carbons (Fsp3) is 0. The lowest BCUT2D eigenvalue weighted by molar-refractivity contribution is 0.102. The van der Waals surface area contributed by atoms with E-state index in [4.69, 9.17) is 0 Å². The number of hydrogen-bond acceptors (Lipinski definition) is 4. The zero-order chi connectivity index (χ0) is 13.8. The largest absolute Gasteiger partial charge is 0.320 e. The van der Waals surface area contributed by atoms with Gasteiger partial charge in [-0.25, -0.2) is 0 Å². The molecule has 0 saturated heterocycles. The van der Waals surface area contributed by atoms with Gasteiger partial charge < -0.3 is 5.32 Å². The lowest BCUT2D eigenvalue weighted by Crippen LogP contribution is -2.13. The molecule has 0 spiro atoms. The van der Waals surface area contributed by atoms with Crippen LogP contribution in [-0.2, 0) is 0 Å². The minimum Gasteiger partial charge on any atom is -0.320 e. The molecule has 0 aliphatic carbocycles. The molecule has 1 N–H and O–H groups in total. The van der Waals surface area contributed by atoms with Gasteiger partial charge in [-0.3, -0.25) is 9.78 Å². The maximum atomic E-state index is 12.0. The van der Waals surface area contributed by atoms with Crippen LogP contribution >= 0.6 is 0 Å². The Balaban J connectivity index is 1.79. The molecule has 6 heteroatoms. The molecule has 20 heavy (non-hydrogen) atoms. The number of nitrogens with zero attached hydrogens (tertiary/aromatic N) is 4. The van der Waals surface area contributed by atoms with Crippen LogP contribution in [0.4, 0.5) is 5.69 Å². The SMILES string of the molecule is O=C(Nc1ccncc1)c1cnn(-c2ccccc2)n1. The Hall–Kier alpha value is -3.02. The quantitative estimate of drug-likeness (QED) is 0.785. The molecule has 0 saturated carbocycles. The molecule has 0 atom stereocenters. The highest BCUT2D eigenvalue weighted by atomic mass is 16.2. The third-order valence-electron chi connectivity index (χ3n) is 2.65. The minimum atomic E-state index is -0.307. The molecule has 0 fully saturated rings. The number of benzene rings is 1. The Morgan fingerprint density at radius 3 is 2.55 bits per heavy atom. The zero-order valence-corrected chi connectivity index (χ0v) is 10.5. The van der Waals surface area contributed by atoms with Crippen molar-refractivity contribution in [2.45, 2.75) is 0 Å². The Kier molecular flexibility index (Phi) is 3.20. The molecule has 0 bridgehead atoms. The molecule has 6 nitrogen and oxygen atoms in total. The first-order valence-corrected chi connectivity index (χ1v) is 6.02. The summed E-state index contributed by atoms with van der Waals surface area (Å²) in [5.41, 5.74) is 1.72. The molecule has 2 aromatic heterocycles. The Bertz CT molecular complexity index is 709. The first-order valence-electron chi connectivity index (χ1n) is 6.02. The van der Waals surface area contributed by atoms with Crippen LogP contribution in [0.1, 0.15) is 10.5 Å². The second-order valence-corrected chi connectivity index (χ2v) is 4.04. The third kappa shape index (κ3) is 2.54. The average molecular weight is 265 g/mol. The number of para-hydroxylation sites is 1. The first kappa shape index (κ1) is 12.0. The number of nitrogens with one attached hydrogen (secondary N) is 1. The minimum absolute atomic E-state index is 0.255. The number of carbonyl (C=O) groups excluding carboxylic acids is 1. The average Bonchev–Trinajstić information content (AvgIpc) is 2.99. The Morgan fingerprint density at radius 1 is 1.05 bits per heavy atom. The van der Waals surface area contributed by atoms with Crippen molar-refractivity contribution in [2.75, 3.05) is 5.32 Å². The monoisotopic (exact) mass is 265 g/mol. The highest BCUT2D eigenvalue weighted by Crippen LogP contribution is 2.07. The molecule has 3 aromatic rings. The van der Waals surface area contributed by atoms with Gasteiger partial charge in [-0.15, -0.1) is 5.10 Å². The maximum Gasteiger partial charge on any atom is 0.277 e. The summed E-state index contributed by atoms with van der Waals surface area (Å²) in [6.07, 6.45) is 4.65. The van der Waals surface area contributed by atoms with Gasteiger partial charge in [0.25, 0.3) is 5.91 Å². The van der Waals surface area contributed by atoms with E-state index in [0.717, 1.165) is 5.69 Å². The summed E-state index contributed by atoms with van der Waals surface area (Å²) >= 11 is 0. The van der Waals surface area contributed by atoms with Crippen molar-refractivity contribution in [3.63, 3.8) is 0 Å². The summed E-state index contributed by atoms with van der Waals surface area (Å²) in [6.45, 7) is 0. The number of rotatable bonds is 3. The van der Waals surface area contributed by atoms with Crippen LogP contribution < -0.4 is 5.32 Å². The van der Waals surface area contributed by atoms with Crippen LogP contribution in [0.3, 0.4) is 0 Å². The summed E-state index contributed by atoms with van der Waals surface area (Å²) in [5.74, 6) is -0.307. The van der Waals surface area contributed by atoms with Gasteiger partial charge in [0, 0.05) is 18.1 Å². The third-order valence-corrected chi connectivity index (χ3v) is 2.65. The fourth-order valence-corrected chi connectivity index (χ4v) is 1.68. The van der Waals surface area contributed by atoms with E-state index in [1.807, 2.05) is 30.3 Å². The Labute approximate surface area is 115 Å². The van der Waals surface area contributed by atoms with E-state index in [2.05, 4.69) is 20.5 Å². The summed E-state index contributed by atoms with van der Waals surface area (Å²) in [6, 6.07) is 12.8. The van der Waals surface area contributed by atoms with E-state index < -0.39 is 0 Å². The maximum absolute atomic E-state index is 12.0. The first-order chi connectivity index (χ1) is 9.83. The van der Waals surface area contributed by atoms with Crippen LogP contribution in [-0.4, -0.2) is 25.9 Å². The lowest BCUT2D eigenvalue weighted by atomic mass is 10.3. The van der Waals surface area contributed by atoms with E-state index in [1.54, 1.807) is 24.5 Å². The number of aromatic nitrogens is 4. The summed E-state index contributed by atoms with van der Waals surface area (Å²) in [4.78, 5) is 17.3. The van der Waals surface area contributed by atoms with Gasteiger partial charge in [-0.05, 0) is 24.3 Å². The smallest absolute Gasteiger partial charge is 0.277 e. The van der Waals surface area contributed by atoms with Crippen LogP contribution in [0.2, 0.25) is 0 Å². The number of pyridine rings is 1. The van der Waals surface area contributed by atoms with Gasteiger partial charge in [0.15, 0.2) is 5.69 Å². The molecule has 3 rings (SSSR count). The molecule has 0 aliphatic heterocycles. The van der Waals surface area contributed by atoms with Crippen molar-refractivity contribution in [3.8, 4) is 5.69 Å². The summed E-state index contributed by atoms with van der Waals surface area (Å²) in [5, 5.41) is 11.0. The normalized spacial score (nSPS) is 10.2. The van der Waals surface area contributed by atoms with Crippen LogP contribution in [0.15, 0.2) is 61.1 Å². The standard InChI is InChI=1S/C14H11N5O/c20-14(17-11-6-8-15-9-7-11)13-10-16-19(18-13)12-4-2-1-3-5-12/h1-10H,(H,15,17,20). The van der Waals surface area contributed by atoms with Crippen molar-refractivity contribution < 1.29 is 4.79 Å². The predicted molar refractivity (Wildman–Crippen MR) is 73.5 cm³/mol. The number of hydrogen-bond donors (Lipinski definition) is 1. The van der Waals surface area contributed by atoms with Crippen molar-refractivity contribution in [1.29, 1.82) is 0 Å². The van der Waals surface area contributed by atoms with E-state index in [0.29, 0.717) is 5.69 Å². The highest BCUT2D eigenvalue weighted by molar-refractivity contribution is 6.02. The van der Waals surface area contributed by atoms with Gasteiger partial charge >= 0.3 is 0 Å². The Morgan fingerprint density at radius 2 is 1.80 bits per heavy atom. The van der Waals surface area contributed by atoms with Gasteiger partial charge in [-0.1, -0.05) is 18.2 Å². The molecule has 2 heterocycles. The molecule has 0 radical (unpaired) electrons. The second-order valence-electron chi connectivity index (χ2n) is 4.04. The van der Waals surface area contributed by atoms with Crippen molar-refractivity contribution in [3.05, 3.63) is 66.7 Å². The zero-order valence-electron chi connectivity index (χ0n) is 10.5. The van der Waals surface area contributed by atoms with Crippen molar-refractivity contribution in [1.82, 2.24) is 20.0 Å². The second kappa shape index (κ2) is 5.31. The molecular weight excluding hydrogens is 254 g/mol. The molecule has 1 aromatic carbocycles. The van der Waals surface area contributed by atoms with E-state index in [-0.39, 0.29) is 11.6 Å². The lowest BCUT2D eigenvalue weighted by Gasteiger charge is -2.01. The van der Waals surface area contributed by atoms with Crippen molar-refractivity contribution in [2.24, 2.45) is 0 Å². The van der Waals surface area contributed by atoms with Crippen LogP contribution in [0, 0.1) is 0 Å². The van der Waals surface area contributed by atoms with E-state index in [9.17, 15) is 4.79 Å². The van der Waals surface area contributed by atoms with Gasteiger partial charge in [-0.2, -0.15) is 9.90 Å². The van der Waals surface area contributed by atoms with Gasteiger partial charge in [0.05, 0.1) is 11.9 Å². The molecular formula is C14H11N5O. The predicted octanol–water partition coefficient (Wildman–Crippen LogP) is 1.91. The van der Waals surface area contributed by atoms with E-state index in [1.165, 1.54) is 11.0 Å². The van der Waals surface area contributed by atoms with E-state index >= 15 is 0 Å². The van der Waals surface area contributed by atoms with Crippen molar-refractivity contribution >= 4 is 11.6 Å².